The SMILES string of the molecule is [N-]=[N+]=NC(C(N)=O)[C@H]1CCCC[C@H]1O. The van der Waals surface area contributed by atoms with Crippen molar-refractivity contribution in [1.29, 1.82) is 0 Å². The van der Waals surface area contributed by atoms with Gasteiger partial charge in [-0.1, -0.05) is 18.0 Å². The second kappa shape index (κ2) is 4.83. The van der Waals surface area contributed by atoms with Crippen molar-refractivity contribution in [3.63, 3.8) is 0 Å². The molecule has 0 radical (unpaired) electrons. The zero-order valence-electron chi connectivity index (χ0n) is 7.83. The molecule has 0 aromatic rings. The molecule has 0 aromatic heterocycles. The van der Waals surface area contributed by atoms with Crippen molar-refractivity contribution < 1.29 is 9.90 Å². The smallest absolute Gasteiger partial charge is 0.226 e. The number of carbonyl (C=O) groups excluding carboxylic acids is 1. The van der Waals surface area contributed by atoms with Gasteiger partial charge in [-0.2, -0.15) is 0 Å². The number of rotatable bonds is 3. The summed E-state index contributed by atoms with van der Waals surface area (Å²) in [5.41, 5.74) is 13.4. The van der Waals surface area contributed by atoms with E-state index in [1.165, 1.54) is 0 Å². The van der Waals surface area contributed by atoms with Gasteiger partial charge >= 0.3 is 0 Å². The van der Waals surface area contributed by atoms with E-state index in [1.54, 1.807) is 0 Å². The van der Waals surface area contributed by atoms with E-state index in [-0.39, 0.29) is 5.92 Å². The highest BCUT2D eigenvalue weighted by atomic mass is 16.3. The van der Waals surface area contributed by atoms with Crippen LogP contribution in [0.1, 0.15) is 25.7 Å². The monoisotopic (exact) mass is 198 g/mol. The Morgan fingerprint density at radius 3 is 2.71 bits per heavy atom. The normalized spacial score (nSPS) is 28.9. The molecule has 78 valence electrons. The summed E-state index contributed by atoms with van der Waals surface area (Å²) < 4.78 is 0. The number of aliphatic hydroxyl groups is 1. The topological polar surface area (TPSA) is 112 Å². The fraction of sp³-hybridized carbons (Fsp3) is 0.875. The van der Waals surface area contributed by atoms with Crippen molar-refractivity contribution in [2.24, 2.45) is 16.8 Å². The molecule has 1 fully saturated rings. The molecular formula is C8H14N4O2. The van der Waals surface area contributed by atoms with Gasteiger partial charge < -0.3 is 10.8 Å². The van der Waals surface area contributed by atoms with Gasteiger partial charge in [0.2, 0.25) is 5.91 Å². The summed E-state index contributed by atoms with van der Waals surface area (Å²) in [5, 5.41) is 13.0. The first-order chi connectivity index (χ1) is 6.66. The van der Waals surface area contributed by atoms with Gasteiger partial charge in [0.05, 0.1) is 6.10 Å². The molecule has 0 heterocycles. The van der Waals surface area contributed by atoms with Gasteiger partial charge in [0.1, 0.15) is 6.04 Å². The Morgan fingerprint density at radius 1 is 1.57 bits per heavy atom. The predicted molar refractivity (Wildman–Crippen MR) is 50.1 cm³/mol. The lowest BCUT2D eigenvalue weighted by Gasteiger charge is -2.30. The van der Waals surface area contributed by atoms with E-state index in [0.717, 1.165) is 12.8 Å². The molecular weight excluding hydrogens is 184 g/mol. The van der Waals surface area contributed by atoms with E-state index in [0.29, 0.717) is 12.8 Å². The lowest BCUT2D eigenvalue weighted by Crippen LogP contribution is -2.41. The van der Waals surface area contributed by atoms with Crippen LogP contribution in [0.4, 0.5) is 0 Å². The molecule has 6 heteroatoms. The molecule has 0 saturated heterocycles. The van der Waals surface area contributed by atoms with Crippen LogP contribution in [0.3, 0.4) is 0 Å². The Labute approximate surface area is 81.7 Å². The van der Waals surface area contributed by atoms with Crippen LogP contribution >= 0.6 is 0 Å². The standard InChI is InChI=1S/C8H14N4O2/c9-8(14)7(11-12-10)5-3-1-2-4-6(5)13/h5-7,13H,1-4H2,(H2,9,14)/t5-,6+,7?/m0/s1. The van der Waals surface area contributed by atoms with Crippen molar-refractivity contribution >= 4 is 5.91 Å². The molecule has 6 nitrogen and oxygen atoms in total. The zero-order valence-corrected chi connectivity index (χ0v) is 7.83. The minimum atomic E-state index is -0.907. The Kier molecular flexibility index (Phi) is 3.73. The number of aliphatic hydroxyl groups excluding tert-OH is 1. The molecule has 0 spiro atoms. The van der Waals surface area contributed by atoms with Gasteiger partial charge in [0, 0.05) is 10.8 Å². The average molecular weight is 198 g/mol. The van der Waals surface area contributed by atoms with Crippen molar-refractivity contribution in [2.75, 3.05) is 0 Å². The first-order valence-electron chi connectivity index (χ1n) is 4.68. The van der Waals surface area contributed by atoms with Crippen LogP contribution in [-0.4, -0.2) is 23.2 Å². The van der Waals surface area contributed by atoms with E-state index < -0.39 is 18.1 Å². The van der Waals surface area contributed by atoms with E-state index >= 15 is 0 Å². The molecule has 0 bridgehead atoms. The zero-order chi connectivity index (χ0) is 10.6. The molecule has 14 heavy (non-hydrogen) atoms. The maximum atomic E-state index is 11.0. The second-order valence-electron chi connectivity index (χ2n) is 3.57. The van der Waals surface area contributed by atoms with Crippen molar-refractivity contribution in [2.45, 2.75) is 37.8 Å². The number of amides is 1. The molecule has 0 aromatic carbocycles. The number of carbonyl (C=O) groups is 1. The number of nitrogens with zero attached hydrogens (tertiary/aromatic N) is 3. The van der Waals surface area contributed by atoms with Gasteiger partial charge in [-0.05, 0) is 18.4 Å². The Balaban J connectivity index is 2.75. The van der Waals surface area contributed by atoms with Crippen LogP contribution in [0.2, 0.25) is 0 Å². The van der Waals surface area contributed by atoms with Crippen LogP contribution in [-0.2, 0) is 4.79 Å². The van der Waals surface area contributed by atoms with E-state index in [1.807, 2.05) is 0 Å². The second-order valence-corrected chi connectivity index (χ2v) is 3.57. The number of primary amides is 1. The van der Waals surface area contributed by atoms with Crippen LogP contribution in [0, 0.1) is 5.92 Å². The molecule has 1 aliphatic carbocycles. The minimum absolute atomic E-state index is 0.308. The maximum absolute atomic E-state index is 11.0. The van der Waals surface area contributed by atoms with Crippen LogP contribution in [0.5, 0.6) is 0 Å². The Morgan fingerprint density at radius 2 is 2.21 bits per heavy atom. The summed E-state index contributed by atoms with van der Waals surface area (Å²) in [5.74, 6) is -0.967. The molecule has 0 aliphatic heterocycles. The molecule has 1 rings (SSSR count). The number of azide groups is 1. The van der Waals surface area contributed by atoms with E-state index in [4.69, 9.17) is 11.3 Å². The van der Waals surface area contributed by atoms with Crippen LogP contribution in [0.25, 0.3) is 10.4 Å². The Hall–Kier alpha value is -1.26. The number of hydrogen-bond acceptors (Lipinski definition) is 3. The minimum Gasteiger partial charge on any atom is -0.393 e. The van der Waals surface area contributed by atoms with Gasteiger partial charge in [-0.15, -0.1) is 0 Å². The highest BCUT2D eigenvalue weighted by molar-refractivity contribution is 5.80. The van der Waals surface area contributed by atoms with Gasteiger partial charge in [0.15, 0.2) is 0 Å². The van der Waals surface area contributed by atoms with E-state index in [9.17, 15) is 9.90 Å². The molecule has 3 atom stereocenters. The highest BCUT2D eigenvalue weighted by Crippen LogP contribution is 2.28. The fourth-order valence-corrected chi connectivity index (χ4v) is 1.92. The third-order valence-electron chi connectivity index (χ3n) is 2.65. The largest absolute Gasteiger partial charge is 0.393 e. The first-order valence-corrected chi connectivity index (χ1v) is 4.68. The number of hydrogen-bond donors (Lipinski definition) is 2. The third kappa shape index (κ3) is 2.37. The summed E-state index contributed by atoms with van der Waals surface area (Å²) >= 11 is 0. The summed E-state index contributed by atoms with van der Waals surface area (Å²) in [4.78, 5) is 13.6. The summed E-state index contributed by atoms with van der Waals surface area (Å²) in [6.07, 6.45) is 2.64. The average Bonchev–Trinajstić information content (AvgIpc) is 2.15. The summed E-state index contributed by atoms with van der Waals surface area (Å²) in [7, 11) is 0. The molecule has 1 unspecified atom stereocenters. The first kappa shape index (κ1) is 10.8. The number of nitrogens with two attached hydrogens (primary N) is 1. The van der Waals surface area contributed by atoms with Gasteiger partial charge in [0.25, 0.3) is 0 Å². The van der Waals surface area contributed by atoms with Crippen molar-refractivity contribution in [3.8, 4) is 0 Å². The molecule has 1 amide bonds. The predicted octanol–water partition coefficient (Wildman–Crippen LogP) is 0.702. The molecule has 1 saturated carbocycles. The third-order valence-corrected chi connectivity index (χ3v) is 2.65. The highest BCUT2D eigenvalue weighted by Gasteiger charge is 2.33. The van der Waals surface area contributed by atoms with Gasteiger partial charge in [-0.25, -0.2) is 0 Å². The lowest BCUT2D eigenvalue weighted by atomic mass is 9.81. The summed E-state index contributed by atoms with van der Waals surface area (Å²) in [6, 6.07) is -0.907. The van der Waals surface area contributed by atoms with Crippen molar-refractivity contribution in [3.05, 3.63) is 10.4 Å². The van der Waals surface area contributed by atoms with Gasteiger partial charge in [-0.3, -0.25) is 4.79 Å². The van der Waals surface area contributed by atoms with Crippen molar-refractivity contribution in [1.82, 2.24) is 0 Å². The van der Waals surface area contributed by atoms with Crippen LogP contribution < -0.4 is 5.73 Å². The summed E-state index contributed by atoms with van der Waals surface area (Å²) in [6.45, 7) is 0. The fourth-order valence-electron chi connectivity index (χ4n) is 1.92. The van der Waals surface area contributed by atoms with Crippen LogP contribution in [0.15, 0.2) is 5.11 Å². The quantitative estimate of drug-likeness (QED) is 0.395. The lowest BCUT2D eigenvalue weighted by molar-refractivity contribution is -0.122. The Bertz CT molecular complexity index is 260. The molecule has 1 aliphatic rings. The molecule has 3 N–H and O–H groups in total. The maximum Gasteiger partial charge on any atom is 0.226 e. The van der Waals surface area contributed by atoms with E-state index in [2.05, 4.69) is 10.0 Å².